The molecule has 2 aromatic carbocycles. The second kappa shape index (κ2) is 12.2. The van der Waals surface area contributed by atoms with Crippen molar-refractivity contribution in [3.63, 3.8) is 0 Å². The van der Waals surface area contributed by atoms with Gasteiger partial charge in [-0.3, -0.25) is 9.69 Å². The van der Waals surface area contributed by atoms with Gasteiger partial charge >= 0.3 is 0 Å². The maximum Gasteiger partial charge on any atom is 0.251 e. The fourth-order valence-corrected chi connectivity index (χ4v) is 4.93. The zero-order valence-corrected chi connectivity index (χ0v) is 21.5. The van der Waals surface area contributed by atoms with Gasteiger partial charge in [0.1, 0.15) is 23.9 Å². The molecule has 0 aromatic heterocycles. The Balaban J connectivity index is 1.24. The first-order chi connectivity index (χ1) is 17.7. The van der Waals surface area contributed by atoms with Crippen LogP contribution in [0, 0.1) is 17.7 Å². The highest BCUT2D eigenvalue weighted by molar-refractivity contribution is 5.81. The summed E-state index contributed by atoms with van der Waals surface area (Å²) >= 11 is 0. The lowest BCUT2D eigenvalue weighted by Gasteiger charge is -2.35. The summed E-state index contributed by atoms with van der Waals surface area (Å²) in [5, 5.41) is 34.2. The van der Waals surface area contributed by atoms with Crippen LogP contribution in [0.5, 0.6) is 5.75 Å². The Hall–Kier alpha value is -2.72. The van der Waals surface area contributed by atoms with Crippen LogP contribution >= 0.6 is 0 Å². The first-order valence-electron chi connectivity index (χ1n) is 13.0. The first-order valence-corrected chi connectivity index (χ1v) is 13.0. The molecule has 2 heterocycles. The van der Waals surface area contributed by atoms with Crippen molar-refractivity contribution in [2.45, 2.75) is 58.2 Å². The van der Waals surface area contributed by atoms with E-state index in [0.29, 0.717) is 37.9 Å². The minimum Gasteiger partial charge on any atom is -0.491 e. The van der Waals surface area contributed by atoms with Gasteiger partial charge < -0.3 is 30.3 Å². The summed E-state index contributed by atoms with van der Waals surface area (Å²) < 4.78 is 19.7. The van der Waals surface area contributed by atoms with Gasteiger partial charge in [-0.25, -0.2) is 4.39 Å². The number of aliphatic hydroxyl groups is 3. The standard InChI is InChI=1S/C28H38FN3O5/c1-18(2)17-37-24-13-22(29)7-8-23(24)31-11-9-19(10-12-31)14-30-27(35)25(33)26(34)28(36)32-15-20-5-3-4-6-21(20)16-32/h3-8,13,18-19,25-26,28,33-34,36H,9-12,14-17H2,1-2H3,(H,30,35)/t25?,26-,28?/m1/s1. The van der Waals surface area contributed by atoms with Crippen molar-refractivity contribution in [3.8, 4) is 5.75 Å². The summed E-state index contributed by atoms with van der Waals surface area (Å²) in [4.78, 5) is 16.3. The molecule has 1 saturated heterocycles. The predicted octanol–water partition coefficient (Wildman–Crippen LogP) is 2.25. The third kappa shape index (κ3) is 6.78. The average molecular weight is 516 g/mol. The number of nitrogens with one attached hydrogen (secondary N) is 1. The second-order valence-electron chi connectivity index (χ2n) is 10.5. The van der Waals surface area contributed by atoms with Crippen molar-refractivity contribution in [2.24, 2.45) is 11.8 Å². The Bertz CT molecular complexity index is 1030. The summed E-state index contributed by atoms with van der Waals surface area (Å²) in [6, 6.07) is 12.3. The van der Waals surface area contributed by atoms with E-state index in [1.807, 2.05) is 38.1 Å². The van der Waals surface area contributed by atoms with Gasteiger partial charge in [-0.15, -0.1) is 0 Å². The first kappa shape index (κ1) is 27.3. The minimum atomic E-state index is -1.74. The number of amides is 1. The third-order valence-corrected chi connectivity index (χ3v) is 7.15. The fraction of sp³-hybridized carbons (Fsp3) is 0.536. The topological polar surface area (TPSA) is 106 Å². The zero-order valence-electron chi connectivity index (χ0n) is 21.5. The third-order valence-electron chi connectivity index (χ3n) is 7.15. The quantitative estimate of drug-likeness (QED) is 0.385. The van der Waals surface area contributed by atoms with Crippen molar-refractivity contribution in [2.75, 3.05) is 31.1 Å². The molecule has 202 valence electrons. The summed E-state index contributed by atoms with van der Waals surface area (Å²) in [5.74, 6) is 0.0289. The number of fused-ring (bicyclic) bond motifs is 1. The molecule has 2 unspecified atom stereocenters. The molecule has 9 heteroatoms. The van der Waals surface area contributed by atoms with Crippen LogP contribution in [-0.4, -0.2) is 70.8 Å². The smallest absolute Gasteiger partial charge is 0.251 e. The van der Waals surface area contributed by atoms with Gasteiger partial charge in [0.25, 0.3) is 5.91 Å². The van der Waals surface area contributed by atoms with Crippen LogP contribution in [0.25, 0.3) is 0 Å². The van der Waals surface area contributed by atoms with Crippen molar-refractivity contribution >= 4 is 11.6 Å². The van der Waals surface area contributed by atoms with E-state index in [2.05, 4.69) is 10.2 Å². The van der Waals surface area contributed by atoms with Crippen LogP contribution in [-0.2, 0) is 17.9 Å². The molecular weight excluding hydrogens is 477 g/mol. The molecule has 37 heavy (non-hydrogen) atoms. The molecule has 4 rings (SSSR count). The largest absolute Gasteiger partial charge is 0.491 e. The molecule has 2 aliphatic heterocycles. The number of hydrogen-bond acceptors (Lipinski definition) is 7. The fourth-order valence-electron chi connectivity index (χ4n) is 4.93. The van der Waals surface area contributed by atoms with Gasteiger partial charge in [0.15, 0.2) is 6.10 Å². The van der Waals surface area contributed by atoms with Gasteiger partial charge in [0.2, 0.25) is 0 Å². The zero-order chi connectivity index (χ0) is 26.5. The van der Waals surface area contributed by atoms with Crippen LogP contribution in [0.2, 0.25) is 0 Å². The van der Waals surface area contributed by atoms with Gasteiger partial charge in [-0.1, -0.05) is 38.1 Å². The number of rotatable bonds is 10. The van der Waals surface area contributed by atoms with Crippen LogP contribution in [0.15, 0.2) is 42.5 Å². The van der Waals surface area contributed by atoms with E-state index in [9.17, 15) is 24.5 Å². The SMILES string of the molecule is CC(C)COc1cc(F)ccc1N1CCC(CNC(=O)C(O)[C@@H](O)C(O)N2Cc3ccccc3C2)CC1. The predicted molar refractivity (Wildman–Crippen MR) is 138 cm³/mol. The lowest BCUT2D eigenvalue weighted by molar-refractivity contribution is -0.154. The number of anilines is 1. The highest BCUT2D eigenvalue weighted by Crippen LogP contribution is 2.33. The molecule has 0 radical (unpaired) electrons. The molecule has 0 saturated carbocycles. The Kier molecular flexibility index (Phi) is 9.02. The molecule has 0 bridgehead atoms. The van der Waals surface area contributed by atoms with Crippen molar-refractivity contribution < 1.29 is 29.2 Å². The number of benzene rings is 2. The van der Waals surface area contributed by atoms with Gasteiger partial charge in [0, 0.05) is 38.8 Å². The van der Waals surface area contributed by atoms with E-state index in [0.717, 1.165) is 42.7 Å². The number of piperidine rings is 1. The Morgan fingerprint density at radius 2 is 1.73 bits per heavy atom. The number of halogens is 1. The van der Waals surface area contributed by atoms with E-state index in [-0.39, 0.29) is 11.7 Å². The van der Waals surface area contributed by atoms with Crippen LogP contribution in [0.4, 0.5) is 10.1 Å². The Morgan fingerprint density at radius 1 is 1.08 bits per heavy atom. The van der Waals surface area contributed by atoms with E-state index >= 15 is 0 Å². The van der Waals surface area contributed by atoms with E-state index in [1.54, 1.807) is 11.0 Å². The second-order valence-corrected chi connectivity index (χ2v) is 10.5. The number of aliphatic hydroxyl groups excluding tert-OH is 3. The molecule has 8 nitrogen and oxygen atoms in total. The lowest BCUT2D eigenvalue weighted by atomic mass is 9.96. The number of carbonyl (C=O) groups excluding carboxylic acids is 1. The van der Waals surface area contributed by atoms with E-state index in [4.69, 9.17) is 4.74 Å². The van der Waals surface area contributed by atoms with Crippen molar-refractivity contribution in [1.29, 1.82) is 0 Å². The number of nitrogens with zero attached hydrogens (tertiary/aromatic N) is 2. The van der Waals surface area contributed by atoms with Gasteiger partial charge in [-0.2, -0.15) is 0 Å². The highest BCUT2D eigenvalue weighted by atomic mass is 19.1. The average Bonchev–Trinajstić information content (AvgIpc) is 3.34. The molecule has 1 amide bonds. The van der Waals surface area contributed by atoms with E-state index in [1.165, 1.54) is 12.1 Å². The number of carbonyl (C=O) groups is 1. The molecule has 4 N–H and O–H groups in total. The minimum absolute atomic E-state index is 0.197. The van der Waals surface area contributed by atoms with Crippen molar-refractivity contribution in [3.05, 3.63) is 59.4 Å². The summed E-state index contributed by atoms with van der Waals surface area (Å²) in [7, 11) is 0. The summed E-state index contributed by atoms with van der Waals surface area (Å²) in [6.07, 6.45) is -3.12. The number of hydrogen-bond donors (Lipinski definition) is 4. The molecule has 3 atom stereocenters. The van der Waals surface area contributed by atoms with E-state index < -0.39 is 24.3 Å². The maximum absolute atomic E-state index is 13.8. The number of ether oxygens (including phenoxy) is 1. The normalized spacial score (nSPS) is 18.9. The van der Waals surface area contributed by atoms with Crippen molar-refractivity contribution in [1.82, 2.24) is 10.2 Å². The van der Waals surface area contributed by atoms with Crippen LogP contribution in [0.1, 0.15) is 37.8 Å². The Labute approximate surface area is 217 Å². The molecule has 1 fully saturated rings. The van der Waals surface area contributed by atoms with Crippen LogP contribution in [0.3, 0.4) is 0 Å². The molecule has 2 aliphatic rings. The van der Waals surface area contributed by atoms with Gasteiger partial charge in [0.05, 0.1) is 12.3 Å². The molecular formula is C28H38FN3O5. The highest BCUT2D eigenvalue weighted by Gasteiger charge is 2.36. The molecule has 0 spiro atoms. The molecule has 0 aliphatic carbocycles. The summed E-state index contributed by atoms with van der Waals surface area (Å²) in [6.45, 7) is 7.29. The maximum atomic E-state index is 13.8. The van der Waals surface area contributed by atoms with Gasteiger partial charge in [-0.05, 0) is 47.9 Å². The molecule has 2 aromatic rings. The van der Waals surface area contributed by atoms with Crippen LogP contribution < -0.4 is 15.0 Å². The monoisotopic (exact) mass is 515 g/mol. The summed E-state index contributed by atoms with van der Waals surface area (Å²) in [5.41, 5.74) is 2.97. The lowest BCUT2D eigenvalue weighted by Crippen LogP contribution is -2.52. The Morgan fingerprint density at radius 3 is 2.35 bits per heavy atom.